The van der Waals surface area contributed by atoms with Gasteiger partial charge in [-0.3, -0.25) is 9.59 Å². The van der Waals surface area contributed by atoms with Gasteiger partial charge in [0.1, 0.15) is 11.8 Å². The molecule has 0 bridgehead atoms. The van der Waals surface area contributed by atoms with Gasteiger partial charge in [0.25, 0.3) is 0 Å². The Hall–Kier alpha value is -2.88. The first-order valence-electron chi connectivity index (χ1n) is 9.60. The Balaban J connectivity index is 2.29. The second-order valence-corrected chi connectivity index (χ2v) is 7.94. The van der Waals surface area contributed by atoms with E-state index >= 15 is 0 Å². The number of esters is 1. The summed E-state index contributed by atoms with van der Waals surface area (Å²) in [6.45, 7) is 8.53. The summed E-state index contributed by atoms with van der Waals surface area (Å²) in [5.41, 5.74) is 0.586. The van der Waals surface area contributed by atoms with Crippen molar-refractivity contribution in [1.29, 1.82) is 0 Å². The van der Waals surface area contributed by atoms with Crippen LogP contribution in [0.5, 0.6) is 5.75 Å². The average Bonchev–Trinajstić information content (AvgIpc) is 3.07. The number of benzene rings is 1. The highest BCUT2D eigenvalue weighted by Gasteiger charge is 2.60. The van der Waals surface area contributed by atoms with Crippen molar-refractivity contribution in [2.24, 2.45) is 0 Å². The summed E-state index contributed by atoms with van der Waals surface area (Å²) in [7, 11) is 0. The number of carbonyl (C=O) groups is 3. The first-order valence-corrected chi connectivity index (χ1v) is 10.4. The fourth-order valence-electron chi connectivity index (χ4n) is 3.55. The van der Waals surface area contributed by atoms with Gasteiger partial charge in [-0.05, 0) is 45.4 Å². The quantitative estimate of drug-likeness (QED) is 0.506. The highest BCUT2D eigenvalue weighted by Crippen LogP contribution is 2.50. The van der Waals surface area contributed by atoms with Gasteiger partial charge in [-0.2, -0.15) is 0 Å². The Morgan fingerprint density at radius 2 is 1.77 bits per heavy atom. The lowest BCUT2D eigenvalue weighted by Gasteiger charge is -2.45. The molecular weight excluding hydrogens is 408 g/mol. The zero-order chi connectivity index (χ0) is 22.1. The van der Waals surface area contributed by atoms with E-state index in [0.29, 0.717) is 23.7 Å². The van der Waals surface area contributed by atoms with Crippen molar-refractivity contribution in [1.82, 2.24) is 14.9 Å². The van der Waals surface area contributed by atoms with Crippen molar-refractivity contribution in [3.05, 3.63) is 35.7 Å². The maximum atomic E-state index is 13.2. The average molecular weight is 433 g/mol. The molecule has 2 heterocycles. The van der Waals surface area contributed by atoms with E-state index in [1.165, 1.54) is 23.5 Å². The molecule has 1 amide bonds. The third-order valence-corrected chi connectivity index (χ3v) is 6.23. The normalized spacial score (nSPS) is 20.4. The van der Waals surface area contributed by atoms with Crippen LogP contribution in [-0.4, -0.2) is 50.5 Å². The molecule has 2 atom stereocenters. The monoisotopic (exact) mass is 432 g/mol. The van der Waals surface area contributed by atoms with Gasteiger partial charge < -0.3 is 9.47 Å². The van der Waals surface area contributed by atoms with Crippen LogP contribution in [0.1, 0.15) is 45.1 Å². The molecule has 0 radical (unpaired) electrons. The molecule has 30 heavy (non-hydrogen) atoms. The van der Waals surface area contributed by atoms with Crippen LogP contribution in [-0.2, 0) is 19.1 Å². The predicted molar refractivity (Wildman–Crippen MR) is 110 cm³/mol. The second kappa shape index (κ2) is 8.47. The number of aryl methyl sites for hydroxylation is 1. The van der Waals surface area contributed by atoms with Gasteiger partial charge in [-0.15, -0.1) is 10.2 Å². The molecule has 10 heteroatoms. The largest absolute Gasteiger partial charge is 0.494 e. The number of aromatic nitrogens is 3. The molecule has 0 aliphatic carbocycles. The number of thioether (sulfide) groups is 1. The zero-order valence-electron chi connectivity index (χ0n) is 17.5. The fraction of sp³-hybridized carbons (Fsp3) is 0.450. The minimum atomic E-state index is -1.73. The molecular formula is C20H24N4O5S. The number of hydrogen-bond acceptors (Lipinski definition) is 8. The van der Waals surface area contributed by atoms with Crippen LogP contribution in [0.4, 0.5) is 0 Å². The van der Waals surface area contributed by atoms with Gasteiger partial charge in [0, 0.05) is 6.92 Å². The standard InChI is InChI=1S/C20H24N4O5S/c1-6-28-16-10-8-15(9-11-16)17-20(12(3)25,18(27)29-7-2)30-19-22-21-13(4)23(19)24(17)14(5)26/h8-11,17H,6-7H2,1-5H3. The maximum Gasteiger partial charge on any atom is 0.332 e. The number of amides is 1. The maximum absolute atomic E-state index is 13.2. The highest BCUT2D eigenvalue weighted by atomic mass is 32.2. The SMILES string of the molecule is CCOC(=O)C1(C(C)=O)Sc2nnc(C)n2N(C(C)=O)C1c1ccc(OCC)cc1. The Bertz CT molecular complexity index is 974. The van der Waals surface area contributed by atoms with Crippen molar-refractivity contribution in [3.8, 4) is 5.75 Å². The van der Waals surface area contributed by atoms with E-state index in [1.807, 2.05) is 6.92 Å². The minimum Gasteiger partial charge on any atom is -0.494 e. The molecule has 1 aromatic heterocycles. The van der Waals surface area contributed by atoms with Crippen LogP contribution in [0.2, 0.25) is 0 Å². The summed E-state index contributed by atoms with van der Waals surface area (Å²) in [5, 5.41) is 9.75. The number of ketones is 1. The van der Waals surface area contributed by atoms with Gasteiger partial charge >= 0.3 is 5.97 Å². The van der Waals surface area contributed by atoms with Gasteiger partial charge in [0.2, 0.25) is 15.8 Å². The predicted octanol–water partition coefficient (Wildman–Crippen LogP) is 2.21. The molecule has 1 aliphatic heterocycles. The van der Waals surface area contributed by atoms with E-state index < -0.39 is 22.5 Å². The van der Waals surface area contributed by atoms with Crippen LogP contribution in [0.3, 0.4) is 0 Å². The Labute approximate surface area is 178 Å². The summed E-state index contributed by atoms with van der Waals surface area (Å²) < 4.78 is 10.6. The molecule has 0 saturated heterocycles. The van der Waals surface area contributed by atoms with Crippen molar-refractivity contribution in [2.75, 3.05) is 18.2 Å². The summed E-state index contributed by atoms with van der Waals surface area (Å²) in [5.74, 6) is -0.426. The van der Waals surface area contributed by atoms with Crippen LogP contribution < -0.4 is 9.75 Å². The lowest BCUT2D eigenvalue weighted by Crippen LogP contribution is -2.61. The number of fused-ring (bicyclic) bond motifs is 1. The Morgan fingerprint density at radius 1 is 1.10 bits per heavy atom. The van der Waals surface area contributed by atoms with Gasteiger partial charge in [-0.1, -0.05) is 23.9 Å². The molecule has 3 rings (SSSR count). The summed E-state index contributed by atoms with van der Waals surface area (Å²) in [6.07, 6.45) is 0. The van der Waals surface area contributed by atoms with E-state index in [-0.39, 0.29) is 17.7 Å². The smallest absolute Gasteiger partial charge is 0.332 e. The topological polar surface area (TPSA) is 104 Å². The van der Waals surface area contributed by atoms with E-state index in [0.717, 1.165) is 11.8 Å². The Kier molecular flexibility index (Phi) is 6.16. The minimum absolute atomic E-state index is 0.0935. The third-order valence-electron chi connectivity index (χ3n) is 4.80. The molecule has 0 spiro atoms. The number of ether oxygens (including phenoxy) is 2. The highest BCUT2D eigenvalue weighted by molar-refractivity contribution is 8.02. The summed E-state index contributed by atoms with van der Waals surface area (Å²) >= 11 is 0.960. The van der Waals surface area contributed by atoms with Crippen molar-refractivity contribution < 1.29 is 23.9 Å². The Morgan fingerprint density at radius 3 is 2.30 bits per heavy atom. The van der Waals surface area contributed by atoms with Crippen molar-refractivity contribution in [3.63, 3.8) is 0 Å². The third kappa shape index (κ3) is 3.45. The molecule has 2 unspecified atom stereocenters. The second-order valence-electron chi connectivity index (χ2n) is 6.72. The first-order chi connectivity index (χ1) is 14.3. The number of rotatable bonds is 6. The van der Waals surface area contributed by atoms with Gasteiger partial charge in [0.05, 0.1) is 13.2 Å². The molecule has 160 valence electrons. The summed E-state index contributed by atoms with van der Waals surface area (Å²) in [4.78, 5) is 39.1. The van der Waals surface area contributed by atoms with E-state index in [9.17, 15) is 14.4 Å². The number of hydrogen-bond donors (Lipinski definition) is 0. The van der Waals surface area contributed by atoms with Crippen LogP contribution >= 0.6 is 11.8 Å². The fourth-order valence-corrected chi connectivity index (χ4v) is 4.86. The van der Waals surface area contributed by atoms with E-state index in [2.05, 4.69) is 10.2 Å². The number of carbonyl (C=O) groups excluding carboxylic acids is 3. The van der Waals surface area contributed by atoms with Crippen molar-refractivity contribution in [2.45, 2.75) is 50.6 Å². The summed E-state index contributed by atoms with van der Waals surface area (Å²) in [6, 6.07) is 6.01. The van der Waals surface area contributed by atoms with Gasteiger partial charge in [0.15, 0.2) is 11.6 Å². The van der Waals surface area contributed by atoms with E-state index in [1.54, 1.807) is 38.1 Å². The molecule has 2 aromatic rings. The lowest BCUT2D eigenvalue weighted by atomic mass is 9.87. The van der Waals surface area contributed by atoms with Gasteiger partial charge in [-0.25, -0.2) is 14.5 Å². The number of nitrogens with zero attached hydrogens (tertiary/aromatic N) is 4. The van der Waals surface area contributed by atoms with Crippen LogP contribution in [0.25, 0.3) is 0 Å². The van der Waals surface area contributed by atoms with Crippen LogP contribution in [0, 0.1) is 6.92 Å². The first kappa shape index (κ1) is 21.8. The molecule has 0 fully saturated rings. The molecule has 0 saturated carbocycles. The molecule has 1 aromatic carbocycles. The van der Waals surface area contributed by atoms with E-state index in [4.69, 9.17) is 9.47 Å². The lowest BCUT2D eigenvalue weighted by molar-refractivity contribution is -0.150. The molecule has 1 aliphatic rings. The molecule has 9 nitrogen and oxygen atoms in total. The number of Topliss-reactive ketones (excluding diaryl/α,β-unsaturated/α-hetero) is 1. The van der Waals surface area contributed by atoms with Crippen LogP contribution in [0.15, 0.2) is 29.4 Å². The van der Waals surface area contributed by atoms with Crippen molar-refractivity contribution >= 4 is 29.4 Å². The zero-order valence-corrected chi connectivity index (χ0v) is 18.4. The molecule has 0 N–H and O–H groups in total.